The smallest absolute Gasteiger partial charge is 0.266 e. The van der Waals surface area contributed by atoms with E-state index in [1.807, 2.05) is 121 Å². The Hall–Kier alpha value is -5.75. The van der Waals surface area contributed by atoms with Gasteiger partial charge in [-0.25, -0.2) is 19.9 Å². The maximum Gasteiger partial charge on any atom is 0.266 e. The van der Waals surface area contributed by atoms with E-state index in [9.17, 15) is 4.79 Å². The molecule has 0 atom stereocenters. The summed E-state index contributed by atoms with van der Waals surface area (Å²) >= 11 is 0. The van der Waals surface area contributed by atoms with E-state index in [-0.39, 0.29) is 5.56 Å². The molecule has 8 rings (SSSR count). The molecule has 3 aromatic heterocycles. The zero-order valence-electron chi connectivity index (χ0n) is 21.8. The first kappa shape index (κ1) is 23.2. The Kier molecular flexibility index (Phi) is 5.18. The lowest BCUT2D eigenvalue weighted by molar-refractivity contribution is 1.07. The summed E-state index contributed by atoms with van der Waals surface area (Å²) in [7, 11) is 0. The van der Waals surface area contributed by atoms with Crippen LogP contribution in [0.1, 0.15) is 0 Å². The van der Waals surface area contributed by atoms with Crippen molar-refractivity contribution < 1.29 is 0 Å². The number of aromatic nitrogens is 5. The third-order valence-corrected chi connectivity index (χ3v) is 7.43. The molecule has 192 valence electrons. The Morgan fingerprint density at radius 2 is 0.976 bits per heavy atom. The van der Waals surface area contributed by atoms with E-state index in [1.54, 1.807) is 4.40 Å². The normalized spacial score (nSPS) is 11.5. The molecular formula is C35H21N5O. The Labute approximate surface area is 234 Å². The highest BCUT2D eigenvalue weighted by Gasteiger charge is 2.16. The van der Waals surface area contributed by atoms with Crippen molar-refractivity contribution >= 4 is 38.2 Å². The number of pyridine rings is 1. The van der Waals surface area contributed by atoms with E-state index in [1.165, 1.54) is 0 Å². The van der Waals surface area contributed by atoms with Crippen LogP contribution in [0.15, 0.2) is 132 Å². The summed E-state index contributed by atoms with van der Waals surface area (Å²) in [5.74, 6) is 1.63. The molecule has 3 heterocycles. The second-order valence-corrected chi connectivity index (χ2v) is 9.91. The number of benzene rings is 5. The maximum atomic E-state index is 14.2. The van der Waals surface area contributed by atoms with E-state index in [0.29, 0.717) is 34.0 Å². The van der Waals surface area contributed by atoms with E-state index >= 15 is 0 Å². The number of nitrogens with zero attached hydrogens (tertiary/aromatic N) is 5. The van der Waals surface area contributed by atoms with Gasteiger partial charge in [0, 0.05) is 27.5 Å². The van der Waals surface area contributed by atoms with Gasteiger partial charge in [0.15, 0.2) is 17.5 Å². The molecular weight excluding hydrogens is 506 g/mol. The Bertz CT molecular complexity index is 2270. The minimum atomic E-state index is -0.130. The highest BCUT2D eigenvalue weighted by Crippen LogP contribution is 2.30. The zero-order chi connectivity index (χ0) is 27.3. The number of para-hydroxylation sites is 1. The van der Waals surface area contributed by atoms with Crippen molar-refractivity contribution in [3.63, 3.8) is 0 Å². The van der Waals surface area contributed by atoms with Gasteiger partial charge in [-0.2, -0.15) is 0 Å². The summed E-state index contributed by atoms with van der Waals surface area (Å²) in [4.78, 5) is 33.6. The standard InChI is InChI=1S/C35H21N5O/c41-35-28-21-24(33-38-31(22-11-3-1-4-12-22)37-32(39-33)23-13-5-2-6-14-23)19-20-29(28)36-34-27-17-8-7-15-25(27)26-16-9-10-18-30(26)40(34)35/h1-21H. The lowest BCUT2D eigenvalue weighted by Gasteiger charge is -2.12. The molecule has 0 bridgehead atoms. The van der Waals surface area contributed by atoms with Crippen LogP contribution >= 0.6 is 0 Å². The molecule has 0 radical (unpaired) electrons. The quantitative estimate of drug-likeness (QED) is 0.178. The van der Waals surface area contributed by atoms with Gasteiger partial charge < -0.3 is 0 Å². The van der Waals surface area contributed by atoms with Crippen LogP contribution < -0.4 is 5.56 Å². The lowest BCUT2D eigenvalue weighted by Crippen LogP contribution is -2.16. The van der Waals surface area contributed by atoms with Crippen LogP contribution in [0, 0.1) is 0 Å². The second kappa shape index (κ2) is 9.17. The average molecular weight is 528 g/mol. The second-order valence-electron chi connectivity index (χ2n) is 9.91. The van der Waals surface area contributed by atoms with Crippen LogP contribution in [-0.4, -0.2) is 24.3 Å². The van der Waals surface area contributed by atoms with Crippen LogP contribution in [0.3, 0.4) is 0 Å². The molecule has 6 nitrogen and oxygen atoms in total. The molecule has 0 saturated heterocycles. The first-order valence-electron chi connectivity index (χ1n) is 13.4. The first-order valence-corrected chi connectivity index (χ1v) is 13.4. The third kappa shape index (κ3) is 3.77. The van der Waals surface area contributed by atoms with Crippen LogP contribution in [0.2, 0.25) is 0 Å². The molecule has 0 amide bonds. The van der Waals surface area contributed by atoms with Gasteiger partial charge in [0.25, 0.3) is 5.56 Å². The van der Waals surface area contributed by atoms with Gasteiger partial charge in [-0.1, -0.05) is 103 Å². The van der Waals surface area contributed by atoms with Gasteiger partial charge in [0.1, 0.15) is 5.65 Å². The molecule has 41 heavy (non-hydrogen) atoms. The highest BCUT2D eigenvalue weighted by molar-refractivity contribution is 6.12. The van der Waals surface area contributed by atoms with Gasteiger partial charge in [-0.05, 0) is 29.7 Å². The average Bonchev–Trinajstić information content (AvgIpc) is 3.05. The molecule has 0 aliphatic carbocycles. The Morgan fingerprint density at radius 3 is 1.63 bits per heavy atom. The first-order chi connectivity index (χ1) is 20.2. The van der Waals surface area contributed by atoms with Crippen molar-refractivity contribution in [3.8, 4) is 34.2 Å². The van der Waals surface area contributed by atoms with Crippen LogP contribution in [-0.2, 0) is 0 Å². The fraction of sp³-hybridized carbons (Fsp3) is 0. The van der Waals surface area contributed by atoms with Crippen molar-refractivity contribution in [2.75, 3.05) is 0 Å². The van der Waals surface area contributed by atoms with Gasteiger partial charge >= 0.3 is 0 Å². The number of hydrogen-bond acceptors (Lipinski definition) is 5. The van der Waals surface area contributed by atoms with Gasteiger partial charge in [0.05, 0.1) is 16.4 Å². The summed E-state index contributed by atoms with van der Waals surface area (Å²) in [5.41, 5.74) is 4.46. The summed E-state index contributed by atoms with van der Waals surface area (Å²) in [6.45, 7) is 0. The molecule has 0 spiro atoms. The Morgan fingerprint density at radius 1 is 0.439 bits per heavy atom. The van der Waals surface area contributed by atoms with Gasteiger partial charge in [0.2, 0.25) is 0 Å². The minimum absolute atomic E-state index is 0.130. The third-order valence-electron chi connectivity index (χ3n) is 7.43. The SMILES string of the molecule is O=c1c2cc(-c3nc(-c4ccccc4)nc(-c4ccccc4)n3)ccc2nc2c3ccccc3c3ccccc3n12. The number of fused-ring (bicyclic) bond motifs is 7. The fourth-order valence-corrected chi connectivity index (χ4v) is 5.48. The molecule has 0 unspecified atom stereocenters. The molecule has 0 aliphatic heterocycles. The fourth-order valence-electron chi connectivity index (χ4n) is 5.48. The van der Waals surface area contributed by atoms with Crippen molar-refractivity contribution in [2.24, 2.45) is 0 Å². The van der Waals surface area contributed by atoms with E-state index in [0.717, 1.165) is 38.4 Å². The zero-order valence-corrected chi connectivity index (χ0v) is 21.8. The molecule has 5 aromatic carbocycles. The Balaban J connectivity index is 1.40. The van der Waals surface area contributed by atoms with Gasteiger partial charge in [-0.3, -0.25) is 9.20 Å². The lowest BCUT2D eigenvalue weighted by atomic mass is 10.0. The molecule has 6 heteroatoms. The number of rotatable bonds is 3. The van der Waals surface area contributed by atoms with Crippen molar-refractivity contribution in [1.29, 1.82) is 0 Å². The van der Waals surface area contributed by atoms with Crippen molar-refractivity contribution in [1.82, 2.24) is 24.3 Å². The summed E-state index contributed by atoms with van der Waals surface area (Å²) < 4.78 is 1.72. The summed E-state index contributed by atoms with van der Waals surface area (Å²) in [5, 5.41) is 3.51. The van der Waals surface area contributed by atoms with E-state index in [2.05, 4.69) is 6.07 Å². The predicted molar refractivity (Wildman–Crippen MR) is 164 cm³/mol. The largest absolute Gasteiger partial charge is 0.268 e. The summed E-state index contributed by atoms with van der Waals surface area (Å²) in [6, 6.07) is 41.4. The molecule has 0 fully saturated rings. The van der Waals surface area contributed by atoms with E-state index in [4.69, 9.17) is 19.9 Å². The van der Waals surface area contributed by atoms with Crippen LogP contribution in [0.25, 0.3) is 72.4 Å². The summed E-state index contributed by atoms with van der Waals surface area (Å²) in [6.07, 6.45) is 0. The molecule has 0 saturated carbocycles. The minimum Gasteiger partial charge on any atom is -0.268 e. The van der Waals surface area contributed by atoms with Crippen LogP contribution in [0.4, 0.5) is 0 Å². The topological polar surface area (TPSA) is 73.0 Å². The van der Waals surface area contributed by atoms with Crippen molar-refractivity contribution in [3.05, 3.63) is 138 Å². The molecule has 0 aliphatic rings. The van der Waals surface area contributed by atoms with Gasteiger partial charge in [-0.15, -0.1) is 0 Å². The van der Waals surface area contributed by atoms with Crippen LogP contribution in [0.5, 0.6) is 0 Å². The predicted octanol–water partition coefficient (Wildman–Crippen LogP) is 7.34. The molecule has 8 aromatic rings. The van der Waals surface area contributed by atoms with Crippen molar-refractivity contribution in [2.45, 2.75) is 0 Å². The monoisotopic (exact) mass is 527 g/mol. The maximum absolute atomic E-state index is 14.2. The van der Waals surface area contributed by atoms with E-state index < -0.39 is 0 Å². The highest BCUT2D eigenvalue weighted by atomic mass is 16.1. The number of hydrogen-bond donors (Lipinski definition) is 0. The molecule has 0 N–H and O–H groups in total.